The lowest BCUT2D eigenvalue weighted by atomic mass is 10.1. The molecule has 3 rings (SSSR count). The van der Waals surface area contributed by atoms with Gasteiger partial charge < -0.3 is 23.9 Å². The molecule has 27 heavy (non-hydrogen) atoms. The van der Waals surface area contributed by atoms with Gasteiger partial charge in [0.05, 0.1) is 21.3 Å². The van der Waals surface area contributed by atoms with Crippen LogP contribution in [0.2, 0.25) is 0 Å². The van der Waals surface area contributed by atoms with Crippen molar-refractivity contribution in [2.45, 2.75) is 13.3 Å². The van der Waals surface area contributed by atoms with Crippen LogP contribution in [0.25, 0.3) is 11.0 Å². The van der Waals surface area contributed by atoms with E-state index in [1.807, 2.05) is 43.3 Å². The van der Waals surface area contributed by atoms with E-state index in [1.54, 1.807) is 21.3 Å². The van der Waals surface area contributed by atoms with E-state index in [9.17, 15) is 4.79 Å². The van der Waals surface area contributed by atoms with E-state index < -0.39 is 0 Å². The number of nitrogens with one attached hydrogen (secondary N) is 1. The van der Waals surface area contributed by atoms with E-state index in [0.29, 0.717) is 35.8 Å². The molecule has 1 amide bonds. The Kier molecular flexibility index (Phi) is 5.54. The lowest BCUT2D eigenvalue weighted by Crippen LogP contribution is -2.25. The predicted molar refractivity (Wildman–Crippen MR) is 103 cm³/mol. The summed E-state index contributed by atoms with van der Waals surface area (Å²) >= 11 is 0. The molecule has 6 nitrogen and oxygen atoms in total. The smallest absolute Gasteiger partial charge is 0.287 e. The van der Waals surface area contributed by atoms with Crippen LogP contribution >= 0.6 is 0 Å². The number of amides is 1. The Hall–Kier alpha value is -3.15. The minimum absolute atomic E-state index is 0.233. The lowest BCUT2D eigenvalue weighted by molar-refractivity contribution is 0.0928. The molecule has 0 fully saturated rings. The molecule has 0 atom stereocenters. The van der Waals surface area contributed by atoms with Crippen molar-refractivity contribution >= 4 is 16.9 Å². The zero-order valence-electron chi connectivity index (χ0n) is 15.9. The highest BCUT2D eigenvalue weighted by Gasteiger charge is 2.17. The molecule has 0 aliphatic rings. The van der Waals surface area contributed by atoms with Crippen molar-refractivity contribution in [3.63, 3.8) is 0 Å². The first-order valence-corrected chi connectivity index (χ1v) is 8.63. The Bertz CT molecular complexity index is 961. The Morgan fingerprint density at radius 3 is 2.48 bits per heavy atom. The highest BCUT2D eigenvalue weighted by Crippen LogP contribution is 2.29. The van der Waals surface area contributed by atoms with E-state index in [4.69, 9.17) is 18.6 Å². The monoisotopic (exact) mass is 369 g/mol. The molecule has 2 aromatic carbocycles. The molecule has 0 radical (unpaired) electrons. The normalized spacial score (nSPS) is 10.7. The number of hydrogen-bond donors (Lipinski definition) is 1. The summed E-state index contributed by atoms with van der Waals surface area (Å²) in [5, 5.41) is 3.78. The van der Waals surface area contributed by atoms with Crippen molar-refractivity contribution in [3.05, 3.63) is 53.3 Å². The van der Waals surface area contributed by atoms with Gasteiger partial charge in [-0.1, -0.05) is 6.07 Å². The number of fused-ring (bicyclic) bond motifs is 1. The number of ether oxygens (including phenoxy) is 3. The fraction of sp³-hybridized carbons (Fsp3) is 0.286. The quantitative estimate of drug-likeness (QED) is 0.687. The number of methoxy groups -OCH3 is 3. The number of carbonyl (C=O) groups excluding carboxylic acids is 1. The van der Waals surface area contributed by atoms with Gasteiger partial charge in [0.1, 0.15) is 11.3 Å². The zero-order chi connectivity index (χ0) is 19.4. The Morgan fingerprint density at radius 2 is 1.78 bits per heavy atom. The third-order valence-corrected chi connectivity index (χ3v) is 4.50. The molecule has 0 unspecified atom stereocenters. The predicted octanol–water partition coefficient (Wildman–Crippen LogP) is 3.74. The minimum atomic E-state index is -0.233. The molecule has 0 aliphatic carbocycles. The lowest BCUT2D eigenvalue weighted by Gasteiger charge is -2.10. The molecule has 0 spiro atoms. The average molecular weight is 369 g/mol. The maximum absolute atomic E-state index is 12.5. The van der Waals surface area contributed by atoms with E-state index >= 15 is 0 Å². The summed E-state index contributed by atoms with van der Waals surface area (Å²) < 4.78 is 21.5. The van der Waals surface area contributed by atoms with Crippen molar-refractivity contribution in [2.24, 2.45) is 0 Å². The molecule has 1 N–H and O–H groups in total. The van der Waals surface area contributed by atoms with E-state index in [2.05, 4.69) is 5.32 Å². The first-order chi connectivity index (χ1) is 13.1. The molecule has 3 aromatic rings. The van der Waals surface area contributed by atoms with E-state index in [0.717, 1.165) is 22.3 Å². The summed E-state index contributed by atoms with van der Waals surface area (Å²) in [7, 11) is 4.81. The van der Waals surface area contributed by atoms with Crippen LogP contribution in [0.4, 0.5) is 0 Å². The molecule has 1 heterocycles. The van der Waals surface area contributed by atoms with Crippen molar-refractivity contribution < 1.29 is 23.4 Å². The number of rotatable bonds is 7. The summed E-state index contributed by atoms with van der Waals surface area (Å²) in [6, 6.07) is 11.2. The fourth-order valence-electron chi connectivity index (χ4n) is 2.98. The topological polar surface area (TPSA) is 69.9 Å². The number of furan rings is 1. The minimum Gasteiger partial charge on any atom is -0.497 e. The van der Waals surface area contributed by atoms with Gasteiger partial charge in [0, 0.05) is 17.5 Å². The van der Waals surface area contributed by atoms with Gasteiger partial charge in [-0.05, 0) is 49.2 Å². The second-order valence-corrected chi connectivity index (χ2v) is 6.11. The van der Waals surface area contributed by atoms with Crippen LogP contribution in [0.5, 0.6) is 17.2 Å². The van der Waals surface area contributed by atoms with Crippen molar-refractivity contribution in [3.8, 4) is 17.2 Å². The molecule has 0 saturated heterocycles. The fourth-order valence-corrected chi connectivity index (χ4v) is 2.98. The first-order valence-electron chi connectivity index (χ1n) is 8.63. The summed E-state index contributed by atoms with van der Waals surface area (Å²) in [6.07, 6.45) is 0.666. The number of aryl methyl sites for hydroxylation is 1. The van der Waals surface area contributed by atoms with Gasteiger partial charge in [0.25, 0.3) is 5.91 Å². The second kappa shape index (κ2) is 8.03. The zero-order valence-corrected chi connectivity index (χ0v) is 15.9. The molecular formula is C21H23NO5. The maximum Gasteiger partial charge on any atom is 0.287 e. The van der Waals surface area contributed by atoms with Crippen molar-refractivity contribution in [1.82, 2.24) is 5.32 Å². The molecule has 0 saturated carbocycles. The van der Waals surface area contributed by atoms with Crippen molar-refractivity contribution in [1.29, 1.82) is 0 Å². The Balaban J connectivity index is 1.68. The number of benzene rings is 2. The third kappa shape index (κ3) is 3.84. The summed E-state index contributed by atoms with van der Waals surface area (Å²) in [6.45, 7) is 2.35. The van der Waals surface area contributed by atoms with Gasteiger partial charge in [-0.15, -0.1) is 0 Å². The highest BCUT2D eigenvalue weighted by atomic mass is 16.5. The van der Waals surface area contributed by atoms with Gasteiger partial charge in [-0.3, -0.25) is 4.79 Å². The number of carbonyl (C=O) groups is 1. The van der Waals surface area contributed by atoms with Gasteiger partial charge in [0.15, 0.2) is 17.3 Å². The van der Waals surface area contributed by atoms with Gasteiger partial charge in [-0.25, -0.2) is 0 Å². The molecule has 142 valence electrons. The summed E-state index contributed by atoms with van der Waals surface area (Å²) in [5.41, 5.74) is 2.50. The Labute approximate surface area is 158 Å². The number of hydrogen-bond acceptors (Lipinski definition) is 5. The van der Waals surface area contributed by atoms with Crippen LogP contribution in [-0.4, -0.2) is 33.8 Å². The standard InChI is InChI=1S/C21H23NO5/c1-13-16-12-15(24-2)6-8-17(16)27-20(13)21(23)22-10-9-14-5-7-18(25-3)19(11-14)26-4/h5-8,11-12H,9-10H2,1-4H3,(H,22,23). The largest absolute Gasteiger partial charge is 0.497 e. The highest BCUT2D eigenvalue weighted by molar-refractivity contribution is 5.99. The van der Waals surface area contributed by atoms with Crippen LogP contribution in [0, 0.1) is 6.92 Å². The van der Waals surface area contributed by atoms with Crippen molar-refractivity contribution in [2.75, 3.05) is 27.9 Å². The molecule has 0 aliphatic heterocycles. The van der Waals surface area contributed by atoms with Crippen LogP contribution in [0.1, 0.15) is 21.7 Å². The molecule has 1 aromatic heterocycles. The SMILES string of the molecule is COc1ccc2oc(C(=O)NCCc3ccc(OC)c(OC)c3)c(C)c2c1. The first kappa shape index (κ1) is 18.6. The summed E-state index contributed by atoms with van der Waals surface area (Å²) in [4.78, 5) is 12.5. The van der Waals surface area contributed by atoms with Crippen LogP contribution in [0.3, 0.4) is 0 Å². The van der Waals surface area contributed by atoms with E-state index in [-0.39, 0.29) is 5.91 Å². The maximum atomic E-state index is 12.5. The summed E-state index contributed by atoms with van der Waals surface area (Å²) in [5.74, 6) is 2.17. The molecule has 6 heteroatoms. The second-order valence-electron chi connectivity index (χ2n) is 6.11. The Morgan fingerprint density at radius 1 is 1.00 bits per heavy atom. The molecular weight excluding hydrogens is 346 g/mol. The van der Waals surface area contributed by atoms with Gasteiger partial charge in [0.2, 0.25) is 0 Å². The van der Waals surface area contributed by atoms with E-state index in [1.165, 1.54) is 0 Å². The average Bonchev–Trinajstić information content (AvgIpc) is 3.03. The third-order valence-electron chi connectivity index (χ3n) is 4.50. The van der Waals surface area contributed by atoms with Gasteiger partial charge >= 0.3 is 0 Å². The van der Waals surface area contributed by atoms with Gasteiger partial charge in [-0.2, -0.15) is 0 Å². The molecule has 0 bridgehead atoms. The van der Waals surface area contributed by atoms with Crippen LogP contribution < -0.4 is 19.5 Å². The van der Waals surface area contributed by atoms with Crippen LogP contribution in [-0.2, 0) is 6.42 Å². The van der Waals surface area contributed by atoms with Crippen LogP contribution in [0.15, 0.2) is 40.8 Å².